The number of hydrogen-bond donors (Lipinski definition) is 3. The minimum absolute atomic E-state index is 0.00205. The summed E-state index contributed by atoms with van der Waals surface area (Å²) in [5.74, 6) is -0.457. The molecule has 1 saturated heterocycles. The number of carbonyl (C=O) groups excluding carboxylic acids is 1. The highest BCUT2D eigenvalue weighted by molar-refractivity contribution is 5.84. The van der Waals surface area contributed by atoms with Gasteiger partial charge in [0.25, 0.3) is 0 Å². The number of ether oxygens (including phenoxy) is 1. The number of rotatable bonds is 3. The molecule has 1 fully saturated rings. The topological polar surface area (TPSA) is 96.0 Å². The fourth-order valence-electron chi connectivity index (χ4n) is 2.21. The van der Waals surface area contributed by atoms with E-state index in [1.54, 1.807) is 24.0 Å². The average Bonchev–Trinajstić information content (AvgIpc) is 2.38. The molecule has 19 heavy (non-hydrogen) atoms. The Balaban J connectivity index is 2.29. The van der Waals surface area contributed by atoms with E-state index in [1.165, 1.54) is 6.07 Å². The molecule has 6 nitrogen and oxygen atoms in total. The van der Waals surface area contributed by atoms with Gasteiger partial charge in [-0.3, -0.25) is 4.79 Å². The van der Waals surface area contributed by atoms with Crippen LogP contribution in [0.25, 0.3) is 0 Å². The Morgan fingerprint density at radius 3 is 2.89 bits per heavy atom. The molecule has 0 aromatic heterocycles. The molecular formula is C13H18N2O4. The highest BCUT2D eigenvalue weighted by atomic mass is 16.5. The SMILES string of the molecule is CC(O)c1ccc(N2CCOCC2C(N)=O)cc1O. The maximum absolute atomic E-state index is 11.4. The van der Waals surface area contributed by atoms with E-state index in [1.807, 2.05) is 0 Å². The van der Waals surface area contributed by atoms with Crippen molar-refractivity contribution in [1.29, 1.82) is 0 Å². The number of aromatic hydroxyl groups is 1. The number of benzene rings is 1. The number of nitrogens with two attached hydrogens (primary N) is 1. The first-order valence-electron chi connectivity index (χ1n) is 6.15. The summed E-state index contributed by atoms with van der Waals surface area (Å²) in [6.45, 7) is 2.85. The molecule has 1 amide bonds. The Hall–Kier alpha value is -1.79. The highest BCUT2D eigenvalue weighted by Gasteiger charge is 2.28. The zero-order valence-corrected chi connectivity index (χ0v) is 10.7. The third-order valence-electron chi connectivity index (χ3n) is 3.25. The number of phenols is 1. The first-order chi connectivity index (χ1) is 9.00. The van der Waals surface area contributed by atoms with Gasteiger partial charge in [0.2, 0.25) is 5.91 Å². The van der Waals surface area contributed by atoms with Crippen LogP contribution in [0.15, 0.2) is 18.2 Å². The van der Waals surface area contributed by atoms with Gasteiger partial charge in [-0.25, -0.2) is 0 Å². The van der Waals surface area contributed by atoms with Crippen molar-refractivity contribution in [1.82, 2.24) is 0 Å². The molecule has 104 valence electrons. The molecule has 0 radical (unpaired) electrons. The van der Waals surface area contributed by atoms with E-state index in [9.17, 15) is 15.0 Å². The van der Waals surface area contributed by atoms with E-state index in [0.29, 0.717) is 24.4 Å². The van der Waals surface area contributed by atoms with E-state index in [2.05, 4.69) is 0 Å². The van der Waals surface area contributed by atoms with Gasteiger partial charge in [0, 0.05) is 23.9 Å². The van der Waals surface area contributed by atoms with Crippen molar-refractivity contribution in [2.24, 2.45) is 5.73 Å². The van der Waals surface area contributed by atoms with Crippen molar-refractivity contribution < 1.29 is 19.7 Å². The molecule has 1 heterocycles. The van der Waals surface area contributed by atoms with Crippen molar-refractivity contribution in [2.75, 3.05) is 24.7 Å². The Kier molecular flexibility index (Phi) is 3.92. The maximum Gasteiger partial charge on any atom is 0.242 e. The zero-order valence-electron chi connectivity index (χ0n) is 10.7. The van der Waals surface area contributed by atoms with Crippen LogP contribution in [-0.4, -0.2) is 41.9 Å². The van der Waals surface area contributed by atoms with Gasteiger partial charge in [0.15, 0.2) is 0 Å². The summed E-state index contributed by atoms with van der Waals surface area (Å²) >= 11 is 0. The summed E-state index contributed by atoms with van der Waals surface area (Å²) in [6, 6.07) is 4.39. The minimum atomic E-state index is -0.745. The summed E-state index contributed by atoms with van der Waals surface area (Å²) < 4.78 is 5.24. The molecule has 1 aromatic carbocycles. The normalized spacial score (nSPS) is 21.2. The fraction of sp³-hybridized carbons (Fsp3) is 0.462. The third-order valence-corrected chi connectivity index (χ3v) is 3.25. The summed E-state index contributed by atoms with van der Waals surface area (Å²) in [4.78, 5) is 13.2. The summed E-state index contributed by atoms with van der Waals surface area (Å²) in [5, 5.41) is 19.4. The van der Waals surface area contributed by atoms with Gasteiger partial charge in [-0.2, -0.15) is 0 Å². The number of morpholine rings is 1. The van der Waals surface area contributed by atoms with Gasteiger partial charge in [0.1, 0.15) is 11.8 Å². The van der Waals surface area contributed by atoms with E-state index in [0.717, 1.165) is 0 Å². The third kappa shape index (κ3) is 2.80. The lowest BCUT2D eigenvalue weighted by Gasteiger charge is -2.35. The van der Waals surface area contributed by atoms with Crippen molar-refractivity contribution in [3.05, 3.63) is 23.8 Å². The Morgan fingerprint density at radius 1 is 1.58 bits per heavy atom. The van der Waals surface area contributed by atoms with Crippen LogP contribution in [0.4, 0.5) is 5.69 Å². The second kappa shape index (κ2) is 5.46. The lowest BCUT2D eigenvalue weighted by molar-refractivity contribution is -0.121. The molecule has 1 aliphatic heterocycles. The van der Waals surface area contributed by atoms with Crippen LogP contribution in [0.1, 0.15) is 18.6 Å². The Labute approximate surface area is 111 Å². The van der Waals surface area contributed by atoms with Crippen molar-refractivity contribution in [3.8, 4) is 5.75 Å². The van der Waals surface area contributed by atoms with E-state index in [-0.39, 0.29) is 12.4 Å². The van der Waals surface area contributed by atoms with Gasteiger partial charge in [-0.05, 0) is 13.0 Å². The van der Waals surface area contributed by atoms with Crippen LogP contribution in [-0.2, 0) is 9.53 Å². The van der Waals surface area contributed by atoms with Crippen molar-refractivity contribution in [3.63, 3.8) is 0 Å². The van der Waals surface area contributed by atoms with Crippen LogP contribution in [0, 0.1) is 0 Å². The largest absolute Gasteiger partial charge is 0.507 e. The summed E-state index contributed by atoms with van der Waals surface area (Å²) in [6.07, 6.45) is -0.745. The molecule has 2 atom stereocenters. The molecule has 0 aliphatic carbocycles. The standard InChI is InChI=1S/C13H18N2O4/c1-8(16)10-3-2-9(6-12(10)17)15-4-5-19-7-11(15)13(14)18/h2-3,6,8,11,16-17H,4-5,7H2,1H3,(H2,14,18). The number of aliphatic hydroxyl groups excluding tert-OH is 1. The van der Waals surface area contributed by atoms with Crippen LogP contribution in [0.2, 0.25) is 0 Å². The van der Waals surface area contributed by atoms with E-state index in [4.69, 9.17) is 10.5 Å². The monoisotopic (exact) mass is 266 g/mol. The average molecular weight is 266 g/mol. The smallest absolute Gasteiger partial charge is 0.242 e. The van der Waals surface area contributed by atoms with Crippen LogP contribution >= 0.6 is 0 Å². The molecule has 0 saturated carbocycles. The van der Waals surface area contributed by atoms with Gasteiger partial charge >= 0.3 is 0 Å². The highest BCUT2D eigenvalue weighted by Crippen LogP contribution is 2.30. The Morgan fingerprint density at radius 2 is 2.32 bits per heavy atom. The number of phenolic OH excluding ortho intramolecular Hbond substituents is 1. The van der Waals surface area contributed by atoms with E-state index >= 15 is 0 Å². The Bertz CT molecular complexity index is 476. The first kappa shape index (κ1) is 13.6. The number of nitrogens with zero attached hydrogens (tertiary/aromatic N) is 1. The number of aliphatic hydroxyl groups is 1. The minimum Gasteiger partial charge on any atom is -0.507 e. The number of anilines is 1. The van der Waals surface area contributed by atoms with Crippen molar-refractivity contribution >= 4 is 11.6 Å². The number of hydrogen-bond acceptors (Lipinski definition) is 5. The fourth-order valence-corrected chi connectivity index (χ4v) is 2.21. The van der Waals surface area contributed by atoms with Gasteiger partial charge < -0.3 is 25.6 Å². The second-order valence-corrected chi connectivity index (χ2v) is 4.61. The molecule has 2 rings (SSSR count). The summed E-state index contributed by atoms with van der Waals surface area (Å²) in [5.41, 5.74) is 6.49. The number of amides is 1. The van der Waals surface area contributed by atoms with Gasteiger partial charge in [0.05, 0.1) is 19.3 Å². The van der Waals surface area contributed by atoms with Crippen LogP contribution in [0.5, 0.6) is 5.75 Å². The number of carbonyl (C=O) groups is 1. The zero-order chi connectivity index (χ0) is 14.0. The molecule has 1 aliphatic rings. The maximum atomic E-state index is 11.4. The lowest BCUT2D eigenvalue weighted by atomic mass is 10.1. The molecule has 0 spiro atoms. The quantitative estimate of drug-likeness (QED) is 0.723. The second-order valence-electron chi connectivity index (χ2n) is 4.61. The molecular weight excluding hydrogens is 248 g/mol. The summed E-state index contributed by atoms with van der Waals surface area (Å²) in [7, 11) is 0. The van der Waals surface area contributed by atoms with Crippen molar-refractivity contribution in [2.45, 2.75) is 19.1 Å². The van der Waals surface area contributed by atoms with E-state index < -0.39 is 18.1 Å². The molecule has 0 bridgehead atoms. The molecule has 6 heteroatoms. The predicted octanol–water partition coefficient (Wildman–Crippen LogP) is 0.136. The molecule has 2 unspecified atom stereocenters. The first-order valence-corrected chi connectivity index (χ1v) is 6.15. The van der Waals surface area contributed by atoms with Crippen LogP contribution in [0.3, 0.4) is 0 Å². The number of primary amides is 1. The van der Waals surface area contributed by atoms with Gasteiger partial charge in [-0.15, -0.1) is 0 Å². The van der Waals surface area contributed by atoms with Gasteiger partial charge in [-0.1, -0.05) is 6.07 Å². The lowest BCUT2D eigenvalue weighted by Crippen LogP contribution is -2.52. The predicted molar refractivity (Wildman–Crippen MR) is 69.9 cm³/mol. The molecule has 4 N–H and O–H groups in total. The van der Waals surface area contributed by atoms with Crippen LogP contribution < -0.4 is 10.6 Å². The molecule has 1 aromatic rings.